The predicted molar refractivity (Wildman–Crippen MR) is 67.9 cm³/mol. The van der Waals surface area contributed by atoms with Gasteiger partial charge in [0.05, 0.1) is 19.4 Å². The Labute approximate surface area is 103 Å². The topological polar surface area (TPSA) is 52.1 Å². The summed E-state index contributed by atoms with van der Waals surface area (Å²) in [6, 6.07) is 7.71. The molecule has 4 nitrogen and oxygen atoms in total. The van der Waals surface area contributed by atoms with Gasteiger partial charge in [0.1, 0.15) is 5.69 Å². The largest absolute Gasteiger partial charge is 0.446 e. The van der Waals surface area contributed by atoms with Crippen LogP contribution in [-0.4, -0.2) is 13.2 Å². The first-order valence-corrected chi connectivity index (χ1v) is 7.46. The molecule has 1 aromatic carbocycles. The van der Waals surface area contributed by atoms with Gasteiger partial charge in [-0.2, -0.15) is 0 Å². The van der Waals surface area contributed by atoms with E-state index in [-0.39, 0.29) is 0 Å². The Balaban J connectivity index is 2.75. The molecule has 0 unspecified atom stereocenters. The van der Waals surface area contributed by atoms with Gasteiger partial charge in [-0.05, 0) is 31.5 Å². The minimum Gasteiger partial charge on any atom is -0.446 e. The number of hydrogen-bond donors (Lipinski definition) is 1. The predicted octanol–water partition coefficient (Wildman–Crippen LogP) is 2.44. The molecular formula is C12H20NO3P. The fourth-order valence-electron chi connectivity index (χ4n) is 1.50. The van der Waals surface area contributed by atoms with Crippen LogP contribution in [0, 0.1) is 7.05 Å². The molecule has 0 bridgehead atoms. The molecule has 1 rings (SSSR count). The van der Waals surface area contributed by atoms with E-state index in [0.717, 1.165) is 11.3 Å². The fraction of sp³-hybridized carbons (Fsp3) is 0.417. The monoisotopic (exact) mass is 257 g/mol. The van der Waals surface area contributed by atoms with Crippen molar-refractivity contribution < 1.29 is 18.9 Å². The Bertz CT molecular complexity index is 368. The molecule has 0 heterocycles. The molecule has 2 N–H and O–H groups in total. The summed E-state index contributed by atoms with van der Waals surface area (Å²) in [4.78, 5) is 0. The van der Waals surface area contributed by atoms with Crippen molar-refractivity contribution in [2.24, 2.45) is 0 Å². The molecular weight excluding hydrogens is 237 g/mol. The van der Waals surface area contributed by atoms with Crippen molar-refractivity contribution in [3.63, 3.8) is 0 Å². The van der Waals surface area contributed by atoms with E-state index in [1.54, 1.807) is 5.32 Å². The molecule has 17 heavy (non-hydrogen) atoms. The van der Waals surface area contributed by atoms with Crippen LogP contribution >= 0.6 is 7.60 Å². The highest BCUT2D eigenvalue weighted by Crippen LogP contribution is 2.51. The maximum atomic E-state index is 12.3. The summed E-state index contributed by atoms with van der Waals surface area (Å²) in [5.41, 5.74) is 1.98. The summed E-state index contributed by atoms with van der Waals surface area (Å²) in [6.07, 6.45) is 0.312. The van der Waals surface area contributed by atoms with Gasteiger partial charge >= 0.3 is 7.60 Å². The van der Waals surface area contributed by atoms with Crippen LogP contribution in [0.2, 0.25) is 0 Å². The maximum Gasteiger partial charge on any atom is 0.335 e. The highest BCUT2D eigenvalue weighted by Gasteiger charge is 2.23. The molecule has 0 saturated heterocycles. The normalized spacial score (nSPS) is 11.7. The van der Waals surface area contributed by atoms with Gasteiger partial charge in [-0.15, -0.1) is 7.05 Å². The van der Waals surface area contributed by atoms with E-state index in [9.17, 15) is 4.57 Å². The minimum absolute atomic E-state index is 0.312. The Morgan fingerprint density at radius 3 is 2.12 bits per heavy atom. The van der Waals surface area contributed by atoms with E-state index in [1.807, 2.05) is 38.1 Å². The minimum atomic E-state index is -2.99. The lowest BCUT2D eigenvalue weighted by molar-refractivity contribution is -0.504. The lowest BCUT2D eigenvalue weighted by Crippen LogP contribution is -2.69. The summed E-state index contributed by atoms with van der Waals surface area (Å²) >= 11 is 0. The Hall–Kier alpha value is -0.670. The zero-order chi connectivity index (χ0) is 12.7. The van der Waals surface area contributed by atoms with Gasteiger partial charge in [-0.3, -0.25) is 4.57 Å². The van der Waals surface area contributed by atoms with Crippen molar-refractivity contribution in [3.05, 3.63) is 36.9 Å². The molecule has 0 saturated carbocycles. The second kappa shape index (κ2) is 6.92. The first-order chi connectivity index (χ1) is 8.13. The van der Waals surface area contributed by atoms with Gasteiger partial charge in [0.15, 0.2) is 0 Å². The average molecular weight is 257 g/mol. The van der Waals surface area contributed by atoms with E-state index < -0.39 is 7.60 Å². The number of hydrogen-bond acceptors (Lipinski definition) is 3. The first-order valence-electron chi connectivity index (χ1n) is 5.73. The SMILES string of the molecule is [CH2-][NH2+]c1ccc(CP(=O)(OCC)OCC)cc1. The van der Waals surface area contributed by atoms with Crippen molar-refractivity contribution in [3.8, 4) is 0 Å². The fourth-order valence-corrected chi connectivity index (χ4v) is 3.21. The maximum absolute atomic E-state index is 12.3. The number of nitrogens with two attached hydrogens (primary N) is 1. The van der Waals surface area contributed by atoms with Gasteiger partial charge in [-0.1, -0.05) is 12.1 Å². The van der Waals surface area contributed by atoms with E-state index in [2.05, 4.69) is 7.05 Å². The van der Waals surface area contributed by atoms with E-state index in [1.165, 1.54) is 0 Å². The summed E-state index contributed by atoms with van der Waals surface area (Å²) in [6.45, 7) is 4.41. The zero-order valence-electron chi connectivity index (χ0n) is 10.4. The van der Waals surface area contributed by atoms with Crippen LogP contribution in [0.25, 0.3) is 0 Å². The molecule has 1 aromatic rings. The third-order valence-electron chi connectivity index (χ3n) is 2.24. The van der Waals surface area contributed by atoms with Crippen LogP contribution < -0.4 is 5.32 Å². The highest BCUT2D eigenvalue weighted by molar-refractivity contribution is 7.53. The van der Waals surface area contributed by atoms with Gasteiger partial charge in [0.2, 0.25) is 0 Å². The number of quaternary nitrogens is 1. The van der Waals surface area contributed by atoms with Crippen LogP contribution in [0.1, 0.15) is 19.4 Å². The second-order valence-electron chi connectivity index (χ2n) is 3.55. The summed E-state index contributed by atoms with van der Waals surface area (Å²) in [5, 5.41) is 1.77. The van der Waals surface area contributed by atoms with Gasteiger partial charge in [0, 0.05) is 0 Å². The van der Waals surface area contributed by atoms with Gasteiger partial charge < -0.3 is 14.4 Å². The van der Waals surface area contributed by atoms with Crippen molar-refractivity contribution in [2.75, 3.05) is 13.2 Å². The molecule has 5 heteroatoms. The van der Waals surface area contributed by atoms with Gasteiger partial charge in [0.25, 0.3) is 0 Å². The first kappa shape index (κ1) is 14.4. The van der Waals surface area contributed by atoms with Crippen molar-refractivity contribution >= 4 is 13.3 Å². The van der Waals surface area contributed by atoms with Crippen molar-refractivity contribution in [2.45, 2.75) is 20.0 Å². The Morgan fingerprint density at radius 2 is 1.71 bits per heavy atom. The standard InChI is InChI=1S/C12H20NO3P/c1-4-15-17(14,16-5-2)10-11-6-8-12(13-3)9-7-11/h6-9H,3-5,10,13H2,1-2H3. The molecule has 0 aliphatic carbocycles. The third kappa shape index (κ3) is 4.60. The average Bonchev–Trinajstić information content (AvgIpc) is 2.30. The molecule has 0 atom stereocenters. The third-order valence-corrected chi connectivity index (χ3v) is 4.30. The molecule has 0 aliphatic heterocycles. The van der Waals surface area contributed by atoms with Crippen LogP contribution in [-0.2, 0) is 19.8 Å². The molecule has 0 aliphatic rings. The summed E-state index contributed by atoms with van der Waals surface area (Å²) < 4.78 is 22.8. The quantitative estimate of drug-likeness (QED) is 0.463. The zero-order valence-corrected chi connectivity index (χ0v) is 11.3. The molecule has 0 radical (unpaired) electrons. The van der Waals surface area contributed by atoms with E-state index in [0.29, 0.717) is 19.4 Å². The Morgan fingerprint density at radius 1 is 1.18 bits per heavy atom. The molecule has 0 aromatic heterocycles. The van der Waals surface area contributed by atoms with Crippen LogP contribution in [0.15, 0.2) is 24.3 Å². The number of benzene rings is 1. The lowest BCUT2D eigenvalue weighted by Gasteiger charge is -2.16. The molecule has 0 amide bonds. The molecule has 96 valence electrons. The lowest BCUT2D eigenvalue weighted by atomic mass is 10.2. The van der Waals surface area contributed by atoms with Gasteiger partial charge in [-0.25, -0.2) is 0 Å². The highest BCUT2D eigenvalue weighted by atomic mass is 31.2. The molecule has 0 fully saturated rings. The van der Waals surface area contributed by atoms with Crippen LogP contribution in [0.5, 0.6) is 0 Å². The van der Waals surface area contributed by atoms with Crippen LogP contribution in [0.3, 0.4) is 0 Å². The van der Waals surface area contributed by atoms with Crippen molar-refractivity contribution in [1.82, 2.24) is 0 Å². The van der Waals surface area contributed by atoms with Crippen LogP contribution in [0.4, 0.5) is 5.69 Å². The summed E-state index contributed by atoms with van der Waals surface area (Å²) in [5.74, 6) is 0. The smallest absolute Gasteiger partial charge is 0.335 e. The number of rotatable bonds is 7. The van der Waals surface area contributed by atoms with Crippen molar-refractivity contribution in [1.29, 1.82) is 0 Å². The van der Waals surface area contributed by atoms with E-state index in [4.69, 9.17) is 9.05 Å². The Kier molecular flexibility index (Phi) is 5.86. The molecule has 0 spiro atoms. The van der Waals surface area contributed by atoms with E-state index >= 15 is 0 Å². The summed E-state index contributed by atoms with van der Waals surface area (Å²) in [7, 11) is 0.699. The second-order valence-corrected chi connectivity index (χ2v) is 5.60.